The molecular weight excluding hydrogens is 190 g/mol. The number of rotatable bonds is 6. The van der Waals surface area contributed by atoms with Crippen LogP contribution >= 0.6 is 0 Å². The van der Waals surface area contributed by atoms with Crippen molar-refractivity contribution in [2.45, 2.75) is 39.2 Å². The molecule has 3 nitrogen and oxygen atoms in total. The molecule has 0 N–H and O–H groups in total. The van der Waals surface area contributed by atoms with Gasteiger partial charge < -0.3 is 9.53 Å². The van der Waals surface area contributed by atoms with E-state index in [0.29, 0.717) is 5.92 Å². The van der Waals surface area contributed by atoms with E-state index in [4.69, 9.17) is 4.74 Å². The molecule has 1 fully saturated rings. The minimum absolute atomic E-state index is 0.140. The number of carbonyl (C=O) groups excluding carboxylic acids is 1. The highest BCUT2D eigenvalue weighted by atomic mass is 16.5. The number of piperidine rings is 1. The Balaban J connectivity index is 2.15. The van der Waals surface area contributed by atoms with Crippen molar-refractivity contribution < 1.29 is 9.53 Å². The number of aldehydes is 1. The third-order valence-electron chi connectivity index (χ3n) is 2.80. The Morgan fingerprint density at radius 3 is 2.93 bits per heavy atom. The van der Waals surface area contributed by atoms with Gasteiger partial charge >= 0.3 is 0 Å². The average molecular weight is 213 g/mol. The molecule has 0 radical (unpaired) electrons. The highest BCUT2D eigenvalue weighted by Crippen LogP contribution is 2.14. The predicted octanol–water partition coefficient (Wildman–Crippen LogP) is 1.71. The smallest absolute Gasteiger partial charge is 0.137 e. The largest absolute Gasteiger partial charge is 0.380 e. The first-order valence-corrected chi connectivity index (χ1v) is 6.01. The summed E-state index contributed by atoms with van der Waals surface area (Å²) in [6.07, 6.45) is 4.51. The Bertz CT molecular complexity index is 182. The zero-order valence-corrected chi connectivity index (χ0v) is 9.95. The first kappa shape index (κ1) is 12.7. The zero-order chi connectivity index (χ0) is 11.1. The molecule has 1 rings (SSSR count). The summed E-state index contributed by atoms with van der Waals surface area (Å²) in [4.78, 5) is 13.1. The molecule has 0 spiro atoms. The van der Waals surface area contributed by atoms with Gasteiger partial charge in [-0.2, -0.15) is 0 Å². The van der Waals surface area contributed by atoms with Crippen molar-refractivity contribution in [2.75, 3.05) is 26.3 Å². The molecule has 0 saturated carbocycles. The molecule has 0 aromatic carbocycles. The molecular formula is C12H23NO2. The number of nitrogens with zero attached hydrogens (tertiary/aromatic N) is 1. The molecule has 15 heavy (non-hydrogen) atoms. The van der Waals surface area contributed by atoms with Gasteiger partial charge in [0, 0.05) is 13.2 Å². The van der Waals surface area contributed by atoms with Gasteiger partial charge in [-0.1, -0.05) is 20.3 Å². The third kappa shape index (κ3) is 4.76. The van der Waals surface area contributed by atoms with Gasteiger partial charge in [0.05, 0.1) is 12.6 Å². The molecule has 1 saturated heterocycles. The van der Waals surface area contributed by atoms with Crippen LogP contribution in [-0.4, -0.2) is 43.5 Å². The second-order valence-corrected chi connectivity index (χ2v) is 4.70. The number of likely N-dealkylation sites (tertiary alicyclic amines) is 1. The molecule has 0 amide bonds. The van der Waals surface area contributed by atoms with Crippen molar-refractivity contribution in [2.24, 2.45) is 5.92 Å². The SMILES string of the molecule is CC(C)COCCN1CCCCC1C=O. The Morgan fingerprint density at radius 1 is 1.47 bits per heavy atom. The molecule has 1 unspecified atom stereocenters. The Hall–Kier alpha value is -0.410. The number of hydrogen-bond acceptors (Lipinski definition) is 3. The molecule has 1 heterocycles. The van der Waals surface area contributed by atoms with Crippen LogP contribution in [-0.2, 0) is 9.53 Å². The molecule has 88 valence electrons. The lowest BCUT2D eigenvalue weighted by Crippen LogP contribution is -2.42. The van der Waals surface area contributed by atoms with Gasteiger partial charge in [0.2, 0.25) is 0 Å². The molecule has 1 atom stereocenters. The quantitative estimate of drug-likeness (QED) is 0.497. The van der Waals surface area contributed by atoms with E-state index in [0.717, 1.165) is 39.0 Å². The number of hydrogen-bond donors (Lipinski definition) is 0. The summed E-state index contributed by atoms with van der Waals surface area (Å²) in [5, 5.41) is 0. The maximum absolute atomic E-state index is 10.8. The van der Waals surface area contributed by atoms with Crippen LogP contribution in [0.5, 0.6) is 0 Å². The van der Waals surface area contributed by atoms with Crippen LogP contribution in [0, 0.1) is 5.92 Å². The maximum Gasteiger partial charge on any atom is 0.137 e. The van der Waals surface area contributed by atoms with Crippen LogP contribution in [0.1, 0.15) is 33.1 Å². The summed E-state index contributed by atoms with van der Waals surface area (Å²) in [6.45, 7) is 7.82. The first-order valence-electron chi connectivity index (χ1n) is 6.01. The van der Waals surface area contributed by atoms with Crippen molar-refractivity contribution in [1.82, 2.24) is 4.90 Å². The minimum atomic E-state index is 0.140. The molecule has 0 bridgehead atoms. The van der Waals surface area contributed by atoms with Crippen molar-refractivity contribution in [1.29, 1.82) is 0 Å². The van der Waals surface area contributed by atoms with Crippen molar-refractivity contribution >= 4 is 6.29 Å². The van der Waals surface area contributed by atoms with E-state index in [9.17, 15) is 4.79 Å². The molecule has 1 aliphatic heterocycles. The number of ether oxygens (including phenoxy) is 1. The van der Waals surface area contributed by atoms with Gasteiger partial charge in [0.25, 0.3) is 0 Å². The second kappa shape index (κ2) is 6.96. The summed E-state index contributed by atoms with van der Waals surface area (Å²) in [5.41, 5.74) is 0. The fourth-order valence-corrected chi connectivity index (χ4v) is 1.95. The molecule has 0 aromatic rings. The van der Waals surface area contributed by atoms with Gasteiger partial charge in [-0.05, 0) is 25.3 Å². The highest BCUT2D eigenvalue weighted by Gasteiger charge is 2.20. The van der Waals surface area contributed by atoms with Crippen molar-refractivity contribution in [3.8, 4) is 0 Å². The average Bonchev–Trinajstić information content (AvgIpc) is 2.24. The maximum atomic E-state index is 10.8. The van der Waals surface area contributed by atoms with Crippen molar-refractivity contribution in [3.05, 3.63) is 0 Å². The normalized spacial score (nSPS) is 23.3. The topological polar surface area (TPSA) is 29.5 Å². The molecule has 0 aliphatic carbocycles. The Morgan fingerprint density at radius 2 is 2.27 bits per heavy atom. The third-order valence-corrected chi connectivity index (χ3v) is 2.80. The summed E-state index contributed by atoms with van der Waals surface area (Å²) < 4.78 is 5.53. The van der Waals surface area contributed by atoms with E-state index in [2.05, 4.69) is 18.7 Å². The summed E-state index contributed by atoms with van der Waals surface area (Å²) in [6, 6.07) is 0.140. The standard InChI is InChI=1S/C12H23NO2/c1-11(2)10-15-8-7-13-6-4-3-5-12(13)9-14/h9,11-12H,3-8,10H2,1-2H3. The highest BCUT2D eigenvalue weighted by molar-refractivity contribution is 5.57. The van der Waals surface area contributed by atoms with Crippen LogP contribution in [0.2, 0.25) is 0 Å². The van der Waals surface area contributed by atoms with Gasteiger partial charge in [-0.15, -0.1) is 0 Å². The fourth-order valence-electron chi connectivity index (χ4n) is 1.95. The predicted molar refractivity (Wildman–Crippen MR) is 60.9 cm³/mol. The first-order chi connectivity index (χ1) is 7.24. The van der Waals surface area contributed by atoms with E-state index in [-0.39, 0.29) is 6.04 Å². The van der Waals surface area contributed by atoms with E-state index < -0.39 is 0 Å². The van der Waals surface area contributed by atoms with Crippen LogP contribution in [0.4, 0.5) is 0 Å². The fraction of sp³-hybridized carbons (Fsp3) is 0.917. The van der Waals surface area contributed by atoms with E-state index in [1.807, 2.05) is 0 Å². The second-order valence-electron chi connectivity index (χ2n) is 4.70. The molecule has 0 aromatic heterocycles. The van der Waals surface area contributed by atoms with E-state index in [1.165, 1.54) is 12.8 Å². The molecule has 1 aliphatic rings. The Kier molecular flexibility index (Phi) is 5.88. The van der Waals surface area contributed by atoms with Crippen LogP contribution in [0.3, 0.4) is 0 Å². The molecule has 3 heteroatoms. The lowest BCUT2D eigenvalue weighted by atomic mass is 10.0. The monoisotopic (exact) mass is 213 g/mol. The number of carbonyl (C=O) groups is 1. The van der Waals surface area contributed by atoms with Crippen LogP contribution < -0.4 is 0 Å². The van der Waals surface area contributed by atoms with Gasteiger partial charge in [0.15, 0.2) is 0 Å². The van der Waals surface area contributed by atoms with E-state index >= 15 is 0 Å². The van der Waals surface area contributed by atoms with Crippen molar-refractivity contribution in [3.63, 3.8) is 0 Å². The van der Waals surface area contributed by atoms with E-state index in [1.54, 1.807) is 0 Å². The van der Waals surface area contributed by atoms with Gasteiger partial charge in [-0.25, -0.2) is 0 Å². The minimum Gasteiger partial charge on any atom is -0.380 e. The summed E-state index contributed by atoms with van der Waals surface area (Å²) >= 11 is 0. The lowest BCUT2D eigenvalue weighted by Gasteiger charge is -2.32. The van der Waals surface area contributed by atoms with Gasteiger partial charge in [-0.3, -0.25) is 4.90 Å². The Labute approximate surface area is 92.8 Å². The summed E-state index contributed by atoms with van der Waals surface area (Å²) in [5.74, 6) is 0.591. The van der Waals surface area contributed by atoms with Crippen LogP contribution in [0.25, 0.3) is 0 Å². The zero-order valence-electron chi connectivity index (χ0n) is 9.95. The van der Waals surface area contributed by atoms with Gasteiger partial charge in [0.1, 0.15) is 6.29 Å². The summed E-state index contributed by atoms with van der Waals surface area (Å²) in [7, 11) is 0. The lowest BCUT2D eigenvalue weighted by molar-refractivity contribution is -0.113. The van der Waals surface area contributed by atoms with Crippen LogP contribution in [0.15, 0.2) is 0 Å².